The summed E-state index contributed by atoms with van der Waals surface area (Å²) in [5.41, 5.74) is 3.97. The third-order valence-electron chi connectivity index (χ3n) is 6.97. The maximum atomic E-state index is 10.6. The van der Waals surface area contributed by atoms with Crippen molar-refractivity contribution in [2.24, 2.45) is 0 Å². The third kappa shape index (κ3) is 5.97. The van der Waals surface area contributed by atoms with E-state index in [4.69, 9.17) is 29.3 Å². The number of aryl methyl sites for hydroxylation is 1. The van der Waals surface area contributed by atoms with Gasteiger partial charge in [0.2, 0.25) is 5.95 Å². The van der Waals surface area contributed by atoms with Crippen LogP contribution in [0, 0.1) is 6.92 Å². The van der Waals surface area contributed by atoms with Gasteiger partial charge in [-0.05, 0) is 31.9 Å². The number of carbonyl (C=O) groups is 1. The predicted octanol–water partition coefficient (Wildman–Crippen LogP) is 4.76. The fourth-order valence-electron chi connectivity index (χ4n) is 4.81. The van der Waals surface area contributed by atoms with E-state index < -0.39 is 12.1 Å². The number of anilines is 3. The van der Waals surface area contributed by atoms with Gasteiger partial charge in [0.1, 0.15) is 11.6 Å². The molecule has 0 atom stereocenters. The maximum absolute atomic E-state index is 10.6. The molecular weight excluding hydrogens is 549 g/mol. The number of imidazole rings is 1. The molecular formula is C26H29F3N6O4S. The molecule has 40 heavy (non-hydrogen) atoms. The summed E-state index contributed by atoms with van der Waals surface area (Å²) in [5.74, 6) is -0.305. The highest BCUT2D eigenvalue weighted by atomic mass is 32.2. The molecule has 14 heteroatoms. The zero-order chi connectivity index (χ0) is 28.5. The van der Waals surface area contributed by atoms with Gasteiger partial charge in [-0.25, -0.2) is 14.8 Å². The standard InChI is InChI=1S/C24H28N6O2S.C2HF3O2/c1-16-14-30(15-25-16)19-5-4-17(12-20(19)31-2)26-23-27-18-13-24(6-3-7-24)33-21(18)22(28-23)29-8-10-32-11-9-29;3-2(4,5)1(6)7/h4-5,12,14-15H,3,6-11,13H2,1-2H3,(H,26,27,28);(H,6,7). The Morgan fingerprint density at radius 3 is 2.52 bits per heavy atom. The van der Waals surface area contributed by atoms with Gasteiger partial charge in [0.25, 0.3) is 0 Å². The minimum Gasteiger partial charge on any atom is -0.494 e. The van der Waals surface area contributed by atoms with Crippen molar-refractivity contribution in [1.82, 2.24) is 19.5 Å². The number of methoxy groups -OCH3 is 1. The molecule has 4 heterocycles. The van der Waals surface area contributed by atoms with Crippen LogP contribution in [0.5, 0.6) is 5.75 Å². The molecule has 6 rings (SSSR count). The molecule has 1 saturated heterocycles. The number of morpholine rings is 1. The van der Waals surface area contributed by atoms with Gasteiger partial charge >= 0.3 is 12.1 Å². The largest absolute Gasteiger partial charge is 0.494 e. The molecule has 214 valence electrons. The first-order chi connectivity index (χ1) is 19.1. The van der Waals surface area contributed by atoms with Crippen molar-refractivity contribution >= 4 is 35.2 Å². The number of ether oxygens (including phenoxy) is 2. The number of carboxylic acid groups (broad SMARTS) is 1. The van der Waals surface area contributed by atoms with Gasteiger partial charge in [0.05, 0.1) is 48.6 Å². The van der Waals surface area contributed by atoms with Crippen LogP contribution in [-0.2, 0) is 16.0 Å². The lowest BCUT2D eigenvalue weighted by molar-refractivity contribution is -0.192. The molecule has 1 aromatic carbocycles. The number of alkyl halides is 3. The molecule has 1 aliphatic carbocycles. The van der Waals surface area contributed by atoms with Crippen LogP contribution in [0.25, 0.3) is 5.69 Å². The van der Waals surface area contributed by atoms with E-state index in [9.17, 15) is 13.2 Å². The Hall–Kier alpha value is -3.52. The van der Waals surface area contributed by atoms with Crippen molar-refractivity contribution in [1.29, 1.82) is 0 Å². The van der Waals surface area contributed by atoms with Crippen molar-refractivity contribution in [2.75, 3.05) is 43.6 Å². The van der Waals surface area contributed by atoms with Gasteiger partial charge in [-0.15, -0.1) is 11.8 Å². The number of aliphatic carboxylic acids is 1. The molecule has 0 radical (unpaired) electrons. The van der Waals surface area contributed by atoms with Crippen LogP contribution in [0.3, 0.4) is 0 Å². The normalized spacial score (nSPS) is 17.5. The summed E-state index contributed by atoms with van der Waals surface area (Å²) < 4.78 is 45.3. The molecule has 1 saturated carbocycles. The van der Waals surface area contributed by atoms with E-state index in [0.29, 0.717) is 10.7 Å². The highest BCUT2D eigenvalue weighted by molar-refractivity contribution is 8.01. The summed E-state index contributed by atoms with van der Waals surface area (Å²) >= 11 is 2.00. The smallest absolute Gasteiger partial charge is 0.490 e. The lowest BCUT2D eigenvalue weighted by Gasteiger charge is -2.37. The van der Waals surface area contributed by atoms with Crippen molar-refractivity contribution in [3.05, 3.63) is 42.1 Å². The number of hydrogen-bond donors (Lipinski definition) is 2. The average molecular weight is 579 g/mol. The second-order valence-corrected chi connectivity index (χ2v) is 11.3. The maximum Gasteiger partial charge on any atom is 0.490 e. The van der Waals surface area contributed by atoms with E-state index in [1.807, 2.05) is 47.6 Å². The van der Waals surface area contributed by atoms with Crippen molar-refractivity contribution in [3.8, 4) is 11.4 Å². The van der Waals surface area contributed by atoms with E-state index in [1.54, 1.807) is 13.4 Å². The molecule has 2 N–H and O–H groups in total. The quantitative estimate of drug-likeness (QED) is 0.439. The Bertz CT molecular complexity index is 1390. The first kappa shape index (κ1) is 28.0. The molecule has 0 amide bonds. The van der Waals surface area contributed by atoms with Crippen LogP contribution in [0.2, 0.25) is 0 Å². The van der Waals surface area contributed by atoms with E-state index in [-0.39, 0.29) is 0 Å². The Kier molecular flexibility index (Phi) is 7.82. The molecule has 2 aromatic heterocycles. The Morgan fingerprint density at radius 2 is 1.95 bits per heavy atom. The summed E-state index contributed by atoms with van der Waals surface area (Å²) in [7, 11) is 1.68. The highest BCUT2D eigenvalue weighted by Crippen LogP contribution is 2.57. The van der Waals surface area contributed by atoms with E-state index in [1.165, 1.54) is 29.9 Å². The molecule has 0 bridgehead atoms. The second kappa shape index (κ2) is 11.2. The van der Waals surface area contributed by atoms with Gasteiger partial charge in [0.15, 0.2) is 0 Å². The van der Waals surface area contributed by atoms with Crippen molar-refractivity contribution in [2.45, 2.75) is 48.4 Å². The summed E-state index contributed by atoms with van der Waals surface area (Å²) in [4.78, 5) is 26.8. The number of nitrogens with one attached hydrogen (secondary N) is 1. The highest BCUT2D eigenvalue weighted by Gasteiger charge is 2.46. The third-order valence-corrected chi connectivity index (χ3v) is 8.58. The van der Waals surface area contributed by atoms with Crippen LogP contribution < -0.4 is 15.0 Å². The van der Waals surface area contributed by atoms with Crippen LogP contribution in [-0.4, -0.2) is 74.9 Å². The summed E-state index contributed by atoms with van der Waals surface area (Å²) in [6.45, 7) is 5.18. The Morgan fingerprint density at radius 1 is 1.23 bits per heavy atom. The van der Waals surface area contributed by atoms with Gasteiger partial charge in [-0.3, -0.25) is 0 Å². The van der Waals surface area contributed by atoms with Gasteiger partial charge in [0, 0.05) is 42.2 Å². The van der Waals surface area contributed by atoms with Crippen LogP contribution in [0.1, 0.15) is 30.7 Å². The number of nitrogens with zero attached hydrogens (tertiary/aromatic N) is 5. The number of hydrogen-bond acceptors (Lipinski definition) is 9. The molecule has 10 nitrogen and oxygen atoms in total. The van der Waals surface area contributed by atoms with Gasteiger partial charge in [-0.1, -0.05) is 6.42 Å². The van der Waals surface area contributed by atoms with E-state index >= 15 is 0 Å². The van der Waals surface area contributed by atoms with E-state index in [2.05, 4.69) is 15.2 Å². The number of fused-ring (bicyclic) bond motifs is 1. The summed E-state index contributed by atoms with van der Waals surface area (Å²) in [5, 5.41) is 10.6. The molecule has 0 unspecified atom stereocenters. The van der Waals surface area contributed by atoms with Crippen LogP contribution in [0.15, 0.2) is 35.6 Å². The molecule has 2 aliphatic heterocycles. The average Bonchev–Trinajstić information content (AvgIpc) is 3.52. The first-order valence-corrected chi connectivity index (χ1v) is 13.6. The number of halogens is 3. The minimum atomic E-state index is -5.08. The van der Waals surface area contributed by atoms with Gasteiger partial charge in [-0.2, -0.15) is 18.2 Å². The number of rotatable bonds is 5. The number of carboxylic acids is 1. The zero-order valence-corrected chi connectivity index (χ0v) is 22.8. The number of benzene rings is 1. The molecule has 3 aromatic rings. The summed E-state index contributed by atoms with van der Waals surface area (Å²) in [6, 6.07) is 6.04. The topological polar surface area (TPSA) is 115 Å². The first-order valence-electron chi connectivity index (χ1n) is 12.8. The molecule has 1 spiro atoms. The lowest BCUT2D eigenvalue weighted by Crippen LogP contribution is -2.37. The monoisotopic (exact) mass is 578 g/mol. The lowest BCUT2D eigenvalue weighted by atomic mass is 9.81. The Labute approximate surface area is 232 Å². The van der Waals surface area contributed by atoms with Crippen molar-refractivity contribution in [3.63, 3.8) is 0 Å². The second-order valence-electron chi connectivity index (χ2n) is 9.80. The molecule has 3 aliphatic rings. The molecule has 2 fully saturated rings. The van der Waals surface area contributed by atoms with Crippen molar-refractivity contribution < 1.29 is 32.5 Å². The SMILES string of the molecule is COc1cc(Nc2nc3c(c(N4CCOCC4)n2)SC2(CCC2)C3)ccc1-n1cnc(C)c1.O=C(O)C(F)(F)F. The Balaban J connectivity index is 0.000000411. The fraction of sp³-hybridized carbons (Fsp3) is 0.462. The number of thioether (sulfide) groups is 1. The predicted molar refractivity (Wildman–Crippen MR) is 143 cm³/mol. The fourth-order valence-corrected chi connectivity index (χ4v) is 6.45. The summed E-state index contributed by atoms with van der Waals surface area (Å²) in [6.07, 6.45) is 3.58. The van der Waals surface area contributed by atoms with Crippen LogP contribution >= 0.6 is 11.8 Å². The number of aromatic nitrogens is 4. The minimum absolute atomic E-state index is 0.338. The zero-order valence-electron chi connectivity index (χ0n) is 22.0. The van der Waals surface area contributed by atoms with E-state index in [0.717, 1.165) is 61.4 Å². The van der Waals surface area contributed by atoms with Crippen LogP contribution in [0.4, 0.5) is 30.6 Å². The van der Waals surface area contributed by atoms with Gasteiger partial charge < -0.3 is 29.4 Å².